The molecule has 0 fully saturated rings. The van der Waals surface area contributed by atoms with Crippen molar-refractivity contribution < 1.29 is 0 Å². The van der Waals surface area contributed by atoms with Crippen molar-refractivity contribution in [3.63, 3.8) is 0 Å². The number of hydrogen-bond donors (Lipinski definition) is 1. The monoisotopic (exact) mass is 435 g/mol. The fourth-order valence-electron chi connectivity index (χ4n) is 3.90. The van der Waals surface area contributed by atoms with E-state index in [-0.39, 0.29) is 0 Å². The van der Waals surface area contributed by atoms with Crippen molar-refractivity contribution in [2.75, 3.05) is 0 Å². The van der Waals surface area contributed by atoms with Crippen LogP contribution in [0.3, 0.4) is 0 Å². The van der Waals surface area contributed by atoms with E-state index >= 15 is 0 Å². The molecule has 0 radical (unpaired) electrons. The van der Waals surface area contributed by atoms with E-state index in [1.807, 2.05) is 41.1 Å². The largest absolute Gasteiger partial charge is 0.245 e. The molecular weight excluding hydrogens is 410 g/mol. The first-order valence-corrected chi connectivity index (χ1v) is 11.1. The Morgan fingerprint density at radius 2 is 1.55 bits per heavy atom. The third kappa shape index (κ3) is 4.57. The molecule has 0 aliphatic heterocycles. The highest BCUT2D eigenvalue weighted by atomic mass is 15.5. The Labute approximate surface area is 192 Å². The Hall–Kier alpha value is -4.13. The summed E-state index contributed by atoms with van der Waals surface area (Å²) in [6, 6.07) is 26.8. The summed E-state index contributed by atoms with van der Waals surface area (Å²) in [5.74, 6) is 2.94. The number of hydrogen-bond acceptors (Lipinski definition) is 5. The van der Waals surface area contributed by atoms with E-state index in [4.69, 9.17) is 10.1 Å². The minimum Gasteiger partial charge on any atom is -0.245 e. The molecule has 0 saturated heterocycles. The van der Waals surface area contributed by atoms with Crippen molar-refractivity contribution in [1.29, 1.82) is 0 Å². The predicted molar refractivity (Wildman–Crippen MR) is 128 cm³/mol. The quantitative estimate of drug-likeness (QED) is 0.387. The van der Waals surface area contributed by atoms with Gasteiger partial charge in [0, 0.05) is 17.5 Å². The van der Waals surface area contributed by atoms with Crippen LogP contribution in [0.5, 0.6) is 0 Å². The van der Waals surface area contributed by atoms with Crippen LogP contribution in [0.2, 0.25) is 0 Å². The summed E-state index contributed by atoms with van der Waals surface area (Å²) in [5.41, 5.74) is 5.37. The molecule has 5 rings (SSSR count). The lowest BCUT2D eigenvalue weighted by atomic mass is 9.98. The Bertz CT molecular complexity index is 1320. The molecule has 0 bridgehead atoms. The van der Waals surface area contributed by atoms with Crippen LogP contribution in [0, 0.1) is 5.92 Å². The van der Waals surface area contributed by atoms with Gasteiger partial charge >= 0.3 is 0 Å². The van der Waals surface area contributed by atoms with Gasteiger partial charge < -0.3 is 0 Å². The second-order valence-electron chi connectivity index (χ2n) is 8.47. The summed E-state index contributed by atoms with van der Waals surface area (Å²) < 4.78 is 2.03. The average Bonchev–Trinajstić information content (AvgIpc) is 3.51. The Kier molecular flexibility index (Phi) is 5.76. The zero-order valence-corrected chi connectivity index (χ0v) is 18.7. The first-order valence-electron chi connectivity index (χ1n) is 11.1. The van der Waals surface area contributed by atoms with Crippen molar-refractivity contribution in [1.82, 2.24) is 35.4 Å². The molecule has 1 N–H and O–H groups in total. The maximum absolute atomic E-state index is 4.85. The van der Waals surface area contributed by atoms with E-state index in [9.17, 15) is 0 Å². The molecule has 5 aromatic rings. The lowest BCUT2D eigenvalue weighted by Gasteiger charge is -2.10. The molecule has 0 amide bonds. The normalized spacial score (nSPS) is 11.2. The van der Waals surface area contributed by atoms with Crippen LogP contribution in [-0.2, 0) is 13.0 Å². The molecule has 7 nitrogen and oxygen atoms in total. The van der Waals surface area contributed by atoms with Crippen LogP contribution in [0.15, 0.2) is 78.9 Å². The van der Waals surface area contributed by atoms with E-state index in [0.717, 1.165) is 40.3 Å². The second kappa shape index (κ2) is 9.16. The van der Waals surface area contributed by atoms with Crippen molar-refractivity contribution in [2.45, 2.75) is 26.8 Å². The molecule has 0 spiro atoms. The van der Waals surface area contributed by atoms with Gasteiger partial charge in [-0.1, -0.05) is 92.7 Å². The van der Waals surface area contributed by atoms with Crippen molar-refractivity contribution in [3.05, 3.63) is 90.3 Å². The van der Waals surface area contributed by atoms with Gasteiger partial charge in [0.25, 0.3) is 0 Å². The van der Waals surface area contributed by atoms with E-state index in [0.29, 0.717) is 18.3 Å². The van der Waals surface area contributed by atoms with Gasteiger partial charge in [-0.3, -0.25) is 0 Å². The lowest BCUT2D eigenvalue weighted by Crippen LogP contribution is -2.09. The van der Waals surface area contributed by atoms with Crippen molar-refractivity contribution in [3.8, 4) is 33.9 Å². The summed E-state index contributed by atoms with van der Waals surface area (Å²) in [6.07, 6.45) is 0.885. The minimum atomic E-state index is 0.501. The zero-order chi connectivity index (χ0) is 22.6. The lowest BCUT2D eigenvalue weighted by molar-refractivity contribution is 0.563. The SMILES string of the molecule is CC(C)Cc1nc(-c2ccccc2)nn1Cc1ccc(-c2ccccc2-c2nnn[nH]2)cc1. The van der Waals surface area contributed by atoms with E-state index < -0.39 is 0 Å². The summed E-state index contributed by atoms with van der Waals surface area (Å²) >= 11 is 0. The number of rotatable bonds is 7. The van der Waals surface area contributed by atoms with E-state index in [1.165, 1.54) is 5.56 Å². The number of aromatic nitrogens is 7. The highest BCUT2D eigenvalue weighted by Crippen LogP contribution is 2.30. The zero-order valence-electron chi connectivity index (χ0n) is 18.7. The number of benzene rings is 3. The molecule has 2 heterocycles. The Morgan fingerprint density at radius 1 is 0.818 bits per heavy atom. The molecule has 0 aliphatic rings. The van der Waals surface area contributed by atoms with Crippen LogP contribution in [0.4, 0.5) is 0 Å². The number of nitrogens with one attached hydrogen (secondary N) is 1. The molecule has 3 aromatic carbocycles. The Morgan fingerprint density at radius 3 is 2.24 bits per heavy atom. The first kappa shape index (κ1) is 20.8. The Balaban J connectivity index is 1.43. The van der Waals surface area contributed by atoms with Gasteiger partial charge in [0.05, 0.1) is 6.54 Å². The molecule has 0 atom stereocenters. The number of nitrogens with zero attached hydrogens (tertiary/aromatic N) is 6. The van der Waals surface area contributed by atoms with Crippen molar-refractivity contribution >= 4 is 0 Å². The third-order valence-corrected chi connectivity index (χ3v) is 5.50. The summed E-state index contributed by atoms with van der Waals surface area (Å²) in [4.78, 5) is 4.85. The van der Waals surface area contributed by atoms with Gasteiger partial charge in [0.1, 0.15) is 5.82 Å². The van der Waals surface area contributed by atoms with E-state index in [1.54, 1.807) is 0 Å². The maximum atomic E-state index is 4.85. The molecule has 7 heteroatoms. The molecule has 2 aromatic heterocycles. The highest BCUT2D eigenvalue weighted by molar-refractivity contribution is 5.80. The van der Waals surface area contributed by atoms with Gasteiger partial charge in [-0.25, -0.2) is 14.8 Å². The summed E-state index contributed by atoms with van der Waals surface area (Å²) in [5, 5.41) is 19.2. The van der Waals surface area contributed by atoms with Gasteiger partial charge in [-0.05, 0) is 33.0 Å². The standard InChI is InChI=1S/C26H25N7/c1-18(2)16-24-27-25(21-8-4-3-5-9-21)30-33(24)17-19-12-14-20(15-13-19)22-10-6-7-11-23(22)26-28-31-32-29-26/h3-15,18H,16-17H2,1-2H3,(H,28,29,31,32). The van der Waals surface area contributed by atoms with Gasteiger partial charge in [-0.2, -0.15) is 5.10 Å². The van der Waals surface area contributed by atoms with Crippen LogP contribution < -0.4 is 0 Å². The molecule has 0 aliphatic carbocycles. The minimum absolute atomic E-state index is 0.501. The van der Waals surface area contributed by atoms with Gasteiger partial charge in [-0.15, -0.1) is 5.10 Å². The smallest absolute Gasteiger partial charge is 0.181 e. The fraction of sp³-hybridized carbons (Fsp3) is 0.192. The molecule has 164 valence electrons. The first-order chi connectivity index (χ1) is 16.2. The van der Waals surface area contributed by atoms with Crippen molar-refractivity contribution in [2.24, 2.45) is 5.92 Å². The van der Waals surface area contributed by atoms with Crippen LogP contribution >= 0.6 is 0 Å². The maximum Gasteiger partial charge on any atom is 0.181 e. The molecular formula is C26H25N7. The fourth-order valence-corrected chi connectivity index (χ4v) is 3.90. The third-order valence-electron chi connectivity index (χ3n) is 5.50. The predicted octanol–water partition coefficient (Wildman–Crippen LogP) is 5.04. The highest BCUT2D eigenvalue weighted by Gasteiger charge is 2.14. The second-order valence-corrected chi connectivity index (χ2v) is 8.47. The topological polar surface area (TPSA) is 85.2 Å². The summed E-state index contributed by atoms with van der Waals surface area (Å²) in [7, 11) is 0. The number of H-pyrrole nitrogens is 1. The average molecular weight is 436 g/mol. The molecule has 33 heavy (non-hydrogen) atoms. The van der Waals surface area contributed by atoms with E-state index in [2.05, 4.69) is 76.9 Å². The van der Waals surface area contributed by atoms with Gasteiger partial charge in [0.2, 0.25) is 0 Å². The molecule has 0 saturated carbocycles. The van der Waals surface area contributed by atoms with Crippen LogP contribution in [0.1, 0.15) is 25.2 Å². The van der Waals surface area contributed by atoms with Crippen LogP contribution in [-0.4, -0.2) is 35.4 Å². The molecule has 0 unspecified atom stereocenters. The van der Waals surface area contributed by atoms with Gasteiger partial charge in [0.15, 0.2) is 11.6 Å². The number of aromatic amines is 1. The van der Waals surface area contributed by atoms with Crippen LogP contribution in [0.25, 0.3) is 33.9 Å². The number of tetrazole rings is 1. The summed E-state index contributed by atoms with van der Waals surface area (Å²) in [6.45, 7) is 5.09.